The van der Waals surface area contributed by atoms with E-state index in [1.807, 2.05) is 48.5 Å². The molecule has 1 heterocycles. The van der Waals surface area contributed by atoms with Crippen molar-refractivity contribution < 1.29 is 4.39 Å². The fourth-order valence-electron chi connectivity index (χ4n) is 3.05. The molecule has 0 fully saturated rings. The number of benzene rings is 3. The van der Waals surface area contributed by atoms with Crippen molar-refractivity contribution in [3.05, 3.63) is 83.6 Å². The molecule has 2 N–H and O–H groups in total. The first-order chi connectivity index (χ1) is 12.1. The molecule has 0 aliphatic carbocycles. The fourth-order valence-corrected chi connectivity index (χ4v) is 3.27. The maximum absolute atomic E-state index is 13.4. The largest absolute Gasteiger partial charge is 0.383 e. The van der Waals surface area contributed by atoms with E-state index in [2.05, 4.69) is 4.98 Å². The van der Waals surface area contributed by atoms with Crippen LogP contribution in [0.25, 0.3) is 33.2 Å². The third kappa shape index (κ3) is 2.73. The number of anilines is 1. The van der Waals surface area contributed by atoms with Gasteiger partial charge in [0.1, 0.15) is 11.6 Å². The highest BCUT2D eigenvalue weighted by atomic mass is 35.5. The molecule has 25 heavy (non-hydrogen) atoms. The van der Waals surface area contributed by atoms with Gasteiger partial charge in [-0.25, -0.2) is 9.37 Å². The van der Waals surface area contributed by atoms with E-state index in [1.165, 1.54) is 12.1 Å². The van der Waals surface area contributed by atoms with Gasteiger partial charge >= 0.3 is 0 Å². The van der Waals surface area contributed by atoms with E-state index in [4.69, 9.17) is 17.3 Å². The molecule has 0 aliphatic heterocycles. The molecule has 0 atom stereocenters. The van der Waals surface area contributed by atoms with E-state index in [1.54, 1.807) is 12.1 Å². The first-order valence-electron chi connectivity index (χ1n) is 7.84. The maximum Gasteiger partial charge on any atom is 0.132 e. The lowest BCUT2D eigenvalue weighted by Gasteiger charge is -2.15. The summed E-state index contributed by atoms with van der Waals surface area (Å²) in [6, 6.07) is 21.7. The number of hydrogen-bond acceptors (Lipinski definition) is 2. The van der Waals surface area contributed by atoms with Crippen LogP contribution >= 0.6 is 11.6 Å². The minimum atomic E-state index is -0.282. The lowest BCUT2D eigenvalue weighted by molar-refractivity contribution is 0.628. The molecule has 0 bridgehead atoms. The molecular formula is C21H14ClFN2. The molecule has 1 aromatic heterocycles. The Balaban J connectivity index is 2.14. The van der Waals surface area contributed by atoms with Crippen molar-refractivity contribution in [2.75, 3.05) is 5.73 Å². The van der Waals surface area contributed by atoms with E-state index >= 15 is 0 Å². The molecule has 4 rings (SSSR count). The van der Waals surface area contributed by atoms with Crippen molar-refractivity contribution in [1.29, 1.82) is 0 Å². The van der Waals surface area contributed by atoms with Gasteiger partial charge in [0, 0.05) is 21.5 Å². The fraction of sp³-hybridized carbons (Fsp3) is 0. The summed E-state index contributed by atoms with van der Waals surface area (Å²) in [4.78, 5) is 4.63. The monoisotopic (exact) mass is 348 g/mol. The second-order valence-corrected chi connectivity index (χ2v) is 6.16. The van der Waals surface area contributed by atoms with Crippen molar-refractivity contribution in [2.45, 2.75) is 0 Å². The smallest absolute Gasteiger partial charge is 0.132 e. The number of nitrogens with two attached hydrogens (primary N) is 1. The highest BCUT2D eigenvalue weighted by Gasteiger charge is 2.17. The van der Waals surface area contributed by atoms with Gasteiger partial charge in [-0.05, 0) is 29.1 Å². The first kappa shape index (κ1) is 15.6. The van der Waals surface area contributed by atoms with Crippen molar-refractivity contribution in [2.24, 2.45) is 0 Å². The Morgan fingerprint density at radius 2 is 1.44 bits per heavy atom. The molecule has 0 aliphatic rings. The van der Waals surface area contributed by atoms with Crippen LogP contribution in [0, 0.1) is 5.82 Å². The third-order valence-electron chi connectivity index (χ3n) is 4.20. The molecular weight excluding hydrogens is 335 g/mol. The summed E-state index contributed by atoms with van der Waals surface area (Å²) in [7, 11) is 0. The predicted molar refractivity (Wildman–Crippen MR) is 102 cm³/mol. The topological polar surface area (TPSA) is 38.9 Å². The zero-order chi connectivity index (χ0) is 17.4. The van der Waals surface area contributed by atoms with Crippen molar-refractivity contribution in [3.8, 4) is 22.4 Å². The van der Waals surface area contributed by atoms with Crippen LogP contribution in [0.15, 0.2) is 72.8 Å². The van der Waals surface area contributed by atoms with Crippen LogP contribution in [-0.2, 0) is 0 Å². The third-order valence-corrected chi connectivity index (χ3v) is 4.53. The van der Waals surface area contributed by atoms with Crippen LogP contribution in [0.3, 0.4) is 0 Å². The van der Waals surface area contributed by atoms with Gasteiger partial charge in [-0.1, -0.05) is 66.2 Å². The van der Waals surface area contributed by atoms with E-state index < -0.39 is 0 Å². The molecule has 4 aromatic rings. The number of hydrogen-bond donors (Lipinski definition) is 1. The molecule has 0 amide bonds. The summed E-state index contributed by atoms with van der Waals surface area (Å²) < 4.78 is 13.4. The van der Waals surface area contributed by atoms with Crippen LogP contribution in [0.2, 0.25) is 5.02 Å². The Morgan fingerprint density at radius 3 is 2.16 bits per heavy atom. The minimum Gasteiger partial charge on any atom is -0.383 e. The highest BCUT2D eigenvalue weighted by molar-refractivity contribution is 6.33. The standard InChI is InChI=1S/C21H14ClFN2/c22-18-8-4-3-7-17(18)20-19(13-9-11-14(23)12-10-13)15-5-1-2-6-16(15)21(24)25-20/h1-12H,(H2,24,25). The highest BCUT2D eigenvalue weighted by Crippen LogP contribution is 2.40. The number of pyridine rings is 1. The van der Waals surface area contributed by atoms with Crippen LogP contribution in [-0.4, -0.2) is 4.98 Å². The number of aromatic nitrogens is 1. The van der Waals surface area contributed by atoms with E-state index in [9.17, 15) is 4.39 Å². The molecule has 0 spiro atoms. The predicted octanol–water partition coefficient (Wildman–Crippen LogP) is 5.94. The van der Waals surface area contributed by atoms with Gasteiger partial charge < -0.3 is 5.73 Å². The van der Waals surface area contributed by atoms with Gasteiger partial charge in [-0.2, -0.15) is 0 Å². The molecule has 0 saturated carbocycles. The van der Waals surface area contributed by atoms with Crippen LogP contribution in [0.5, 0.6) is 0 Å². The molecule has 122 valence electrons. The molecule has 0 saturated heterocycles. The number of nitrogens with zero attached hydrogens (tertiary/aromatic N) is 1. The summed E-state index contributed by atoms with van der Waals surface area (Å²) in [5, 5.41) is 2.40. The van der Waals surface area contributed by atoms with Crippen LogP contribution in [0.4, 0.5) is 10.2 Å². The van der Waals surface area contributed by atoms with Gasteiger partial charge in [-0.15, -0.1) is 0 Å². The van der Waals surface area contributed by atoms with E-state index in [0.29, 0.717) is 16.5 Å². The molecule has 0 unspecified atom stereocenters. The molecule has 2 nitrogen and oxygen atoms in total. The second kappa shape index (κ2) is 6.19. The van der Waals surface area contributed by atoms with Gasteiger partial charge in [0.15, 0.2) is 0 Å². The second-order valence-electron chi connectivity index (χ2n) is 5.75. The van der Waals surface area contributed by atoms with E-state index in [0.717, 1.165) is 27.5 Å². The lowest BCUT2D eigenvalue weighted by Crippen LogP contribution is -1.98. The number of halogens is 2. The molecule has 0 radical (unpaired) electrons. The SMILES string of the molecule is Nc1nc(-c2ccccc2Cl)c(-c2ccc(F)cc2)c2ccccc12. The zero-order valence-corrected chi connectivity index (χ0v) is 14.0. The van der Waals surface area contributed by atoms with Gasteiger partial charge in [0.25, 0.3) is 0 Å². The van der Waals surface area contributed by atoms with Crippen molar-refractivity contribution >= 4 is 28.2 Å². The zero-order valence-electron chi connectivity index (χ0n) is 13.2. The lowest BCUT2D eigenvalue weighted by atomic mass is 9.94. The maximum atomic E-state index is 13.4. The van der Waals surface area contributed by atoms with Crippen molar-refractivity contribution in [3.63, 3.8) is 0 Å². The average molecular weight is 349 g/mol. The normalized spacial score (nSPS) is 11.0. The Kier molecular flexibility index (Phi) is 3.86. The quantitative estimate of drug-likeness (QED) is 0.486. The summed E-state index contributed by atoms with van der Waals surface area (Å²) in [6.45, 7) is 0. The molecule has 4 heteroatoms. The Labute approximate surface area is 149 Å². The summed E-state index contributed by atoms with van der Waals surface area (Å²) in [6.07, 6.45) is 0. The van der Waals surface area contributed by atoms with Gasteiger partial charge in [0.2, 0.25) is 0 Å². The first-order valence-corrected chi connectivity index (χ1v) is 8.22. The number of nitrogen functional groups attached to an aromatic ring is 1. The Morgan fingerprint density at radius 1 is 0.800 bits per heavy atom. The summed E-state index contributed by atoms with van der Waals surface area (Å²) in [5.41, 5.74) is 9.43. The van der Waals surface area contributed by atoms with Gasteiger partial charge in [-0.3, -0.25) is 0 Å². The summed E-state index contributed by atoms with van der Waals surface area (Å²) in [5.74, 6) is 0.159. The van der Waals surface area contributed by atoms with Crippen LogP contribution in [0.1, 0.15) is 0 Å². The summed E-state index contributed by atoms with van der Waals surface area (Å²) >= 11 is 6.41. The van der Waals surface area contributed by atoms with Crippen LogP contribution < -0.4 is 5.73 Å². The minimum absolute atomic E-state index is 0.282. The number of rotatable bonds is 2. The van der Waals surface area contributed by atoms with Crippen molar-refractivity contribution in [1.82, 2.24) is 4.98 Å². The Hall–Kier alpha value is -2.91. The number of fused-ring (bicyclic) bond motifs is 1. The van der Waals surface area contributed by atoms with E-state index in [-0.39, 0.29) is 5.82 Å². The molecule has 3 aromatic carbocycles. The average Bonchev–Trinajstić information content (AvgIpc) is 2.63. The van der Waals surface area contributed by atoms with Gasteiger partial charge in [0.05, 0.1) is 5.69 Å². The Bertz CT molecular complexity index is 1070.